The third-order valence-corrected chi connectivity index (χ3v) is 3.92. The smallest absolute Gasteiger partial charge is 0.330 e. The standard InChI is InChI=1S/C14H20FN3O7.ClH/c1-5(2)8(16)13(22)24-4-7-9(19)10(20)12(25-7)18-3-6(15)11(21)17-14(18)23;/h3,5,7-10,12,19-20H,4,16H2,1-2H3,(H,17,21,23);1H/t7-,8+,9-,10-,12-;/m1./s1. The summed E-state index contributed by atoms with van der Waals surface area (Å²) in [5, 5.41) is 20.0. The van der Waals surface area contributed by atoms with E-state index in [1.165, 1.54) is 0 Å². The van der Waals surface area contributed by atoms with Crippen LogP contribution < -0.4 is 17.0 Å². The number of nitrogens with two attached hydrogens (primary N) is 1. The van der Waals surface area contributed by atoms with Crippen LogP contribution >= 0.6 is 12.4 Å². The first-order chi connectivity index (χ1) is 11.6. The predicted molar refractivity (Wildman–Crippen MR) is 88.2 cm³/mol. The quantitative estimate of drug-likeness (QED) is 0.426. The zero-order valence-electron chi connectivity index (χ0n) is 14.0. The summed E-state index contributed by atoms with van der Waals surface area (Å²) in [6, 6.07) is -0.866. The van der Waals surface area contributed by atoms with Crippen LogP contribution in [0, 0.1) is 11.7 Å². The van der Waals surface area contributed by atoms with Gasteiger partial charge in [0, 0.05) is 0 Å². The molecule has 0 bridgehead atoms. The average Bonchev–Trinajstić information content (AvgIpc) is 2.83. The number of carbonyl (C=O) groups excluding carboxylic acids is 1. The number of hydrogen-bond acceptors (Lipinski definition) is 8. The van der Waals surface area contributed by atoms with Gasteiger partial charge in [0.2, 0.25) is 5.82 Å². The Labute approximate surface area is 153 Å². The van der Waals surface area contributed by atoms with E-state index in [4.69, 9.17) is 15.2 Å². The van der Waals surface area contributed by atoms with Crippen molar-refractivity contribution in [2.24, 2.45) is 11.7 Å². The summed E-state index contributed by atoms with van der Waals surface area (Å²) in [6.45, 7) is 3.03. The second kappa shape index (κ2) is 8.73. The van der Waals surface area contributed by atoms with Gasteiger partial charge in [0.25, 0.3) is 5.56 Å². The van der Waals surface area contributed by atoms with E-state index >= 15 is 0 Å². The van der Waals surface area contributed by atoms with Crippen molar-refractivity contribution >= 4 is 18.4 Å². The number of aromatic nitrogens is 2. The summed E-state index contributed by atoms with van der Waals surface area (Å²) in [5.74, 6) is -2.14. The van der Waals surface area contributed by atoms with Crippen LogP contribution in [0.5, 0.6) is 0 Å². The normalized spacial score (nSPS) is 26.4. The molecule has 0 radical (unpaired) electrons. The second-order valence-corrected chi connectivity index (χ2v) is 6.09. The Morgan fingerprint density at radius 1 is 1.42 bits per heavy atom. The molecular weight excluding hydrogens is 377 g/mol. The highest BCUT2D eigenvalue weighted by Crippen LogP contribution is 2.28. The van der Waals surface area contributed by atoms with E-state index in [2.05, 4.69) is 0 Å². The van der Waals surface area contributed by atoms with Crippen molar-refractivity contribution in [3.8, 4) is 0 Å². The number of rotatable bonds is 5. The van der Waals surface area contributed by atoms with Crippen LogP contribution in [0.3, 0.4) is 0 Å². The molecule has 10 nitrogen and oxygen atoms in total. The molecule has 5 atom stereocenters. The number of nitrogens with zero attached hydrogens (tertiary/aromatic N) is 1. The Kier molecular flexibility index (Phi) is 7.47. The first kappa shape index (κ1) is 22.3. The third kappa shape index (κ3) is 4.48. The third-order valence-electron chi connectivity index (χ3n) is 3.92. The maximum atomic E-state index is 13.4. The average molecular weight is 398 g/mol. The van der Waals surface area contributed by atoms with Crippen molar-refractivity contribution in [1.29, 1.82) is 0 Å². The molecule has 0 saturated carbocycles. The van der Waals surface area contributed by atoms with Gasteiger partial charge in [-0.05, 0) is 5.92 Å². The highest BCUT2D eigenvalue weighted by molar-refractivity contribution is 5.85. The molecule has 12 heteroatoms. The molecule has 0 aromatic carbocycles. The van der Waals surface area contributed by atoms with Gasteiger partial charge in [-0.2, -0.15) is 4.39 Å². The lowest BCUT2D eigenvalue weighted by atomic mass is 10.1. The molecule has 1 aromatic rings. The number of aliphatic hydroxyl groups excluding tert-OH is 2. The molecule has 1 aliphatic heterocycles. The number of carbonyl (C=O) groups is 1. The summed E-state index contributed by atoms with van der Waals surface area (Å²) < 4.78 is 24.2. The lowest BCUT2D eigenvalue weighted by molar-refractivity contribution is -0.152. The highest BCUT2D eigenvalue weighted by atomic mass is 35.5. The van der Waals surface area contributed by atoms with Gasteiger partial charge in [-0.3, -0.25) is 19.1 Å². The summed E-state index contributed by atoms with van der Waals surface area (Å²) in [4.78, 5) is 36.2. The molecule has 0 amide bonds. The SMILES string of the molecule is CC(C)[C@H](N)C(=O)OC[C@H]1O[C@@H](n2cc(F)c(=O)[nH]c2=O)[C@H](O)[C@@H]1O.Cl. The topological polar surface area (TPSA) is 157 Å². The van der Waals surface area contributed by atoms with Gasteiger partial charge in [0.15, 0.2) is 6.23 Å². The molecule has 148 valence electrons. The number of ether oxygens (including phenoxy) is 2. The minimum absolute atomic E-state index is 0. The van der Waals surface area contributed by atoms with Crippen LogP contribution in [0.15, 0.2) is 15.8 Å². The van der Waals surface area contributed by atoms with E-state index in [1.54, 1.807) is 18.8 Å². The molecule has 2 rings (SSSR count). The number of aromatic amines is 1. The Hall–Kier alpha value is -1.79. The van der Waals surface area contributed by atoms with Crippen molar-refractivity contribution < 1.29 is 28.9 Å². The number of esters is 1. The number of H-pyrrole nitrogens is 1. The lowest BCUT2D eigenvalue weighted by Gasteiger charge is -2.18. The van der Waals surface area contributed by atoms with Crippen LogP contribution in [-0.2, 0) is 14.3 Å². The highest BCUT2D eigenvalue weighted by Gasteiger charge is 2.45. The summed E-state index contributed by atoms with van der Waals surface area (Å²) in [6.07, 6.45) is -5.17. The van der Waals surface area contributed by atoms with Crippen molar-refractivity contribution in [3.05, 3.63) is 32.9 Å². The van der Waals surface area contributed by atoms with Gasteiger partial charge in [-0.15, -0.1) is 12.4 Å². The summed E-state index contributed by atoms with van der Waals surface area (Å²) in [7, 11) is 0. The molecule has 1 fully saturated rings. The van der Waals surface area contributed by atoms with Crippen LogP contribution in [-0.4, -0.2) is 56.7 Å². The fraction of sp³-hybridized carbons (Fsp3) is 0.643. The molecule has 26 heavy (non-hydrogen) atoms. The number of nitrogens with one attached hydrogen (secondary N) is 1. The van der Waals surface area contributed by atoms with Gasteiger partial charge in [-0.25, -0.2) is 4.79 Å². The molecule has 1 aromatic heterocycles. The molecule has 5 N–H and O–H groups in total. The summed E-state index contributed by atoms with van der Waals surface area (Å²) >= 11 is 0. The van der Waals surface area contributed by atoms with E-state index in [9.17, 15) is 29.0 Å². The molecule has 2 heterocycles. The minimum Gasteiger partial charge on any atom is -0.462 e. The van der Waals surface area contributed by atoms with Gasteiger partial charge < -0.3 is 25.4 Å². The van der Waals surface area contributed by atoms with Gasteiger partial charge in [0.05, 0.1) is 6.20 Å². The largest absolute Gasteiger partial charge is 0.462 e. The predicted octanol–water partition coefficient (Wildman–Crippen LogP) is -1.76. The summed E-state index contributed by atoms with van der Waals surface area (Å²) in [5.41, 5.74) is 3.38. The zero-order valence-corrected chi connectivity index (χ0v) is 14.8. The zero-order chi connectivity index (χ0) is 18.9. The van der Waals surface area contributed by atoms with Gasteiger partial charge >= 0.3 is 11.7 Å². The maximum absolute atomic E-state index is 13.4. The number of halogens is 2. The first-order valence-corrected chi connectivity index (χ1v) is 7.58. The number of aliphatic hydroxyl groups is 2. The van der Waals surface area contributed by atoms with E-state index in [0.717, 1.165) is 0 Å². The van der Waals surface area contributed by atoms with E-state index in [0.29, 0.717) is 10.8 Å². The lowest BCUT2D eigenvalue weighted by Crippen LogP contribution is -2.40. The van der Waals surface area contributed by atoms with Gasteiger partial charge in [0.1, 0.15) is 31.0 Å². The first-order valence-electron chi connectivity index (χ1n) is 7.58. The Morgan fingerprint density at radius 2 is 2.04 bits per heavy atom. The monoisotopic (exact) mass is 397 g/mol. The van der Waals surface area contributed by atoms with Crippen molar-refractivity contribution in [2.75, 3.05) is 6.61 Å². The van der Waals surface area contributed by atoms with Crippen molar-refractivity contribution in [3.63, 3.8) is 0 Å². The molecule has 1 saturated heterocycles. The van der Waals surface area contributed by atoms with Gasteiger partial charge in [-0.1, -0.05) is 13.8 Å². The van der Waals surface area contributed by atoms with E-state index in [-0.39, 0.29) is 18.3 Å². The minimum atomic E-state index is -1.61. The molecule has 0 unspecified atom stereocenters. The molecule has 0 spiro atoms. The van der Waals surface area contributed by atoms with Crippen LogP contribution in [0.4, 0.5) is 4.39 Å². The fourth-order valence-electron chi connectivity index (χ4n) is 2.28. The van der Waals surface area contributed by atoms with E-state index in [1.807, 2.05) is 0 Å². The van der Waals surface area contributed by atoms with E-state index < -0.39 is 60.2 Å². The second-order valence-electron chi connectivity index (χ2n) is 6.09. The Morgan fingerprint density at radius 3 is 2.62 bits per heavy atom. The van der Waals surface area contributed by atoms with Crippen LogP contribution in [0.2, 0.25) is 0 Å². The molecular formula is C14H21ClFN3O7. The van der Waals surface area contributed by atoms with Crippen LogP contribution in [0.1, 0.15) is 20.1 Å². The maximum Gasteiger partial charge on any atom is 0.330 e. The van der Waals surface area contributed by atoms with Crippen molar-refractivity contribution in [2.45, 2.75) is 44.4 Å². The molecule has 0 aliphatic carbocycles. The molecule has 1 aliphatic rings. The van der Waals surface area contributed by atoms with Crippen LogP contribution in [0.25, 0.3) is 0 Å². The Bertz CT molecular complexity index is 753. The Balaban J connectivity index is 0.00000338. The van der Waals surface area contributed by atoms with Crippen molar-refractivity contribution in [1.82, 2.24) is 9.55 Å². The number of hydrogen-bond donors (Lipinski definition) is 4. The fourth-order valence-corrected chi connectivity index (χ4v) is 2.28.